The minimum atomic E-state index is -4.67. The molecular formula is CH8O5S. The van der Waals surface area contributed by atoms with Crippen molar-refractivity contribution in [3.8, 4) is 0 Å². The maximum atomic E-state index is 8.74. The molecule has 4 N–H and O–H groups in total. The molecule has 0 radical (unpaired) electrons. The molecule has 5 nitrogen and oxygen atoms in total. The van der Waals surface area contributed by atoms with Crippen LogP contribution in [0.2, 0.25) is 0 Å². The summed E-state index contributed by atoms with van der Waals surface area (Å²) in [4.78, 5) is 0. The molecular weight excluding hydrogens is 124 g/mol. The van der Waals surface area contributed by atoms with Crippen molar-refractivity contribution < 1.29 is 23.0 Å². The Balaban J connectivity index is -0.0000000800. The fraction of sp³-hybridized carbons (Fsp3) is 1.00. The Morgan fingerprint density at radius 2 is 1.14 bits per heavy atom. The highest BCUT2D eigenvalue weighted by atomic mass is 32.3. The Hall–Kier alpha value is -0.170. The lowest BCUT2D eigenvalue weighted by molar-refractivity contribution is 0.381. The van der Waals surface area contributed by atoms with Crippen LogP contribution in [0.25, 0.3) is 0 Å². The summed E-state index contributed by atoms with van der Waals surface area (Å²) in [5.74, 6) is 0. The molecule has 0 amide bonds. The van der Waals surface area contributed by atoms with Gasteiger partial charge in [0.1, 0.15) is 0 Å². The molecule has 6 heteroatoms. The van der Waals surface area contributed by atoms with Crippen LogP contribution in [-0.2, 0) is 10.4 Å². The molecule has 48 valence electrons. The Morgan fingerprint density at radius 3 is 1.14 bits per heavy atom. The van der Waals surface area contributed by atoms with Gasteiger partial charge in [-0.1, -0.05) is 7.43 Å². The van der Waals surface area contributed by atoms with Crippen molar-refractivity contribution in [2.75, 3.05) is 0 Å². The van der Waals surface area contributed by atoms with Gasteiger partial charge in [0.15, 0.2) is 0 Å². The van der Waals surface area contributed by atoms with Crippen molar-refractivity contribution in [1.82, 2.24) is 0 Å². The fourth-order valence-corrected chi connectivity index (χ4v) is 0. The molecule has 0 aliphatic heterocycles. The summed E-state index contributed by atoms with van der Waals surface area (Å²) in [6.07, 6.45) is 0. The molecule has 0 bridgehead atoms. The van der Waals surface area contributed by atoms with Crippen LogP contribution >= 0.6 is 0 Å². The van der Waals surface area contributed by atoms with Crippen LogP contribution < -0.4 is 0 Å². The zero-order chi connectivity index (χ0) is 4.50. The van der Waals surface area contributed by atoms with Crippen molar-refractivity contribution in [3.63, 3.8) is 0 Å². The molecule has 0 saturated heterocycles. The maximum absolute atomic E-state index is 8.74. The van der Waals surface area contributed by atoms with Gasteiger partial charge in [-0.05, 0) is 0 Å². The van der Waals surface area contributed by atoms with Crippen LogP contribution in [0.15, 0.2) is 0 Å². The van der Waals surface area contributed by atoms with Gasteiger partial charge >= 0.3 is 10.4 Å². The van der Waals surface area contributed by atoms with Gasteiger partial charge in [-0.2, -0.15) is 8.42 Å². The van der Waals surface area contributed by atoms with E-state index in [0.29, 0.717) is 0 Å². The molecule has 0 aliphatic rings. The minimum absolute atomic E-state index is 0. The van der Waals surface area contributed by atoms with Crippen LogP contribution in [0, 0.1) is 0 Å². The number of hydrogen-bond acceptors (Lipinski definition) is 2. The summed E-state index contributed by atoms with van der Waals surface area (Å²) in [6, 6.07) is 0. The highest BCUT2D eigenvalue weighted by Gasteiger charge is 1.84. The van der Waals surface area contributed by atoms with E-state index < -0.39 is 10.4 Å². The number of hydrogen-bond donors (Lipinski definition) is 2. The van der Waals surface area contributed by atoms with Crippen molar-refractivity contribution in [2.24, 2.45) is 0 Å². The average molecular weight is 132 g/mol. The van der Waals surface area contributed by atoms with E-state index in [1.165, 1.54) is 0 Å². The normalized spacial score (nSPS) is 8.29. The first-order chi connectivity index (χ1) is 2.00. The van der Waals surface area contributed by atoms with E-state index in [-0.39, 0.29) is 12.9 Å². The minimum Gasteiger partial charge on any atom is -0.412 e. The summed E-state index contributed by atoms with van der Waals surface area (Å²) in [5.41, 5.74) is 0. The second-order valence-corrected chi connectivity index (χ2v) is 1.34. The van der Waals surface area contributed by atoms with Crippen molar-refractivity contribution in [2.45, 2.75) is 7.43 Å². The molecule has 0 fully saturated rings. The van der Waals surface area contributed by atoms with Gasteiger partial charge in [0, 0.05) is 0 Å². The van der Waals surface area contributed by atoms with E-state index in [1.807, 2.05) is 0 Å². The van der Waals surface area contributed by atoms with E-state index >= 15 is 0 Å². The van der Waals surface area contributed by atoms with Gasteiger partial charge in [0.05, 0.1) is 0 Å². The molecule has 7 heavy (non-hydrogen) atoms. The first kappa shape index (κ1) is 15.8. The molecule has 0 aromatic heterocycles. The molecule has 0 aliphatic carbocycles. The quantitative estimate of drug-likeness (QED) is 0.419. The Morgan fingerprint density at radius 1 is 1.14 bits per heavy atom. The third-order valence-corrected chi connectivity index (χ3v) is 0. The van der Waals surface area contributed by atoms with Crippen LogP contribution in [0.5, 0.6) is 0 Å². The zero-order valence-corrected chi connectivity index (χ0v) is 3.44. The van der Waals surface area contributed by atoms with E-state index in [4.69, 9.17) is 17.5 Å². The summed E-state index contributed by atoms with van der Waals surface area (Å²) in [7, 11) is -4.67. The van der Waals surface area contributed by atoms with Gasteiger partial charge < -0.3 is 5.48 Å². The van der Waals surface area contributed by atoms with E-state index in [2.05, 4.69) is 0 Å². The van der Waals surface area contributed by atoms with Gasteiger partial charge in [-0.15, -0.1) is 0 Å². The lowest BCUT2D eigenvalue weighted by Crippen LogP contribution is -1.89. The molecule has 0 rings (SSSR count). The Bertz CT molecular complexity index is 91.2. The molecule has 0 atom stereocenters. The molecule has 0 unspecified atom stereocenters. The topological polar surface area (TPSA) is 106 Å². The summed E-state index contributed by atoms with van der Waals surface area (Å²) >= 11 is 0. The lowest BCUT2D eigenvalue weighted by Gasteiger charge is -1.68. The van der Waals surface area contributed by atoms with E-state index in [0.717, 1.165) is 0 Å². The molecule has 0 heterocycles. The maximum Gasteiger partial charge on any atom is 0.394 e. The van der Waals surface area contributed by atoms with Crippen LogP contribution in [0.3, 0.4) is 0 Å². The molecule has 0 spiro atoms. The second kappa shape index (κ2) is 4.00. The second-order valence-electron chi connectivity index (χ2n) is 0.448. The van der Waals surface area contributed by atoms with Crippen molar-refractivity contribution in [3.05, 3.63) is 0 Å². The van der Waals surface area contributed by atoms with Crippen molar-refractivity contribution in [1.29, 1.82) is 0 Å². The van der Waals surface area contributed by atoms with Crippen LogP contribution in [0.4, 0.5) is 0 Å². The third-order valence-electron chi connectivity index (χ3n) is 0. The molecule has 0 aromatic carbocycles. The van der Waals surface area contributed by atoms with Gasteiger partial charge in [-0.3, -0.25) is 9.11 Å². The summed E-state index contributed by atoms with van der Waals surface area (Å²) in [5, 5.41) is 0. The monoisotopic (exact) mass is 132 g/mol. The largest absolute Gasteiger partial charge is 0.412 e. The highest BCUT2D eigenvalue weighted by molar-refractivity contribution is 7.79. The predicted molar refractivity (Wildman–Crippen MR) is 24.5 cm³/mol. The first-order valence-electron chi connectivity index (χ1n) is 0.698. The van der Waals surface area contributed by atoms with Crippen LogP contribution in [0.1, 0.15) is 7.43 Å². The first-order valence-corrected chi connectivity index (χ1v) is 2.10. The Kier molecular flexibility index (Phi) is 9.05. The van der Waals surface area contributed by atoms with E-state index in [9.17, 15) is 0 Å². The van der Waals surface area contributed by atoms with Crippen LogP contribution in [-0.4, -0.2) is 23.0 Å². The van der Waals surface area contributed by atoms with Gasteiger partial charge in [0.2, 0.25) is 0 Å². The smallest absolute Gasteiger partial charge is 0.394 e. The average Bonchev–Trinajstić information content (AvgIpc) is 0.722. The zero-order valence-electron chi connectivity index (χ0n) is 2.62. The van der Waals surface area contributed by atoms with Gasteiger partial charge in [0.25, 0.3) is 0 Å². The van der Waals surface area contributed by atoms with E-state index in [1.54, 1.807) is 0 Å². The summed E-state index contributed by atoms with van der Waals surface area (Å²) < 4.78 is 31.6. The van der Waals surface area contributed by atoms with Gasteiger partial charge in [-0.25, -0.2) is 0 Å². The third kappa shape index (κ3) is 2960. The van der Waals surface area contributed by atoms with Crippen molar-refractivity contribution >= 4 is 10.4 Å². The molecule has 0 saturated carbocycles. The fourth-order valence-electron chi connectivity index (χ4n) is 0. The SMILES string of the molecule is C.O.O=S(=O)(O)O. The molecule has 0 aromatic rings. The standard InChI is InChI=1S/CH4.H2O4S.H2O/c;1-5(2,3)4;/h1H4;(H2,1,2,3,4);1H2. The Labute approximate surface area is 41.9 Å². The number of rotatable bonds is 0. The summed E-state index contributed by atoms with van der Waals surface area (Å²) in [6.45, 7) is 0. The lowest BCUT2D eigenvalue weighted by atomic mass is 12.0. The predicted octanol–water partition coefficient (Wildman–Crippen LogP) is -0.841. The highest BCUT2D eigenvalue weighted by Crippen LogP contribution is 1.59.